The van der Waals surface area contributed by atoms with E-state index in [0.29, 0.717) is 5.15 Å². The van der Waals surface area contributed by atoms with Crippen LogP contribution in [-0.4, -0.2) is 16.6 Å². The lowest BCUT2D eigenvalue weighted by atomic mass is 10.5. The van der Waals surface area contributed by atoms with Gasteiger partial charge in [0.15, 0.2) is 0 Å². The molecule has 0 bridgehead atoms. The van der Waals surface area contributed by atoms with Crippen molar-refractivity contribution >= 4 is 11.6 Å². The van der Waals surface area contributed by atoms with E-state index in [-0.39, 0.29) is 0 Å². The standard InChI is InChI=1S/C7H11ClN2.CH5N/c1-4-10-5(2)7(8)9-6(10)3;1-2/h4H2,1-3H3;2H2,1H3. The van der Waals surface area contributed by atoms with Gasteiger partial charge < -0.3 is 10.3 Å². The number of rotatable bonds is 1. The average Bonchev–Trinajstić information content (AvgIpc) is 2.31. The second-order valence-electron chi connectivity index (χ2n) is 2.28. The number of aryl methyl sites for hydroxylation is 1. The molecule has 1 heterocycles. The lowest BCUT2D eigenvalue weighted by Crippen LogP contribution is -1.98. The number of aromatic nitrogens is 2. The molecule has 0 saturated carbocycles. The number of nitrogens with two attached hydrogens (primary N) is 1. The molecule has 2 N–H and O–H groups in total. The van der Waals surface area contributed by atoms with Crippen LogP contribution in [0.3, 0.4) is 0 Å². The van der Waals surface area contributed by atoms with Gasteiger partial charge in [0, 0.05) is 6.54 Å². The zero-order valence-electron chi connectivity index (χ0n) is 8.06. The van der Waals surface area contributed by atoms with Crippen molar-refractivity contribution in [1.29, 1.82) is 0 Å². The number of hydrogen-bond acceptors (Lipinski definition) is 2. The van der Waals surface area contributed by atoms with Crippen LogP contribution in [0.25, 0.3) is 0 Å². The highest BCUT2D eigenvalue weighted by atomic mass is 35.5. The van der Waals surface area contributed by atoms with Gasteiger partial charge in [0.05, 0.1) is 5.69 Å². The van der Waals surface area contributed by atoms with Crippen molar-refractivity contribution in [2.24, 2.45) is 5.73 Å². The van der Waals surface area contributed by atoms with Gasteiger partial charge in [0.25, 0.3) is 0 Å². The molecule has 1 rings (SSSR count). The monoisotopic (exact) mass is 189 g/mol. The highest BCUT2D eigenvalue weighted by Crippen LogP contribution is 2.14. The van der Waals surface area contributed by atoms with Crippen LogP contribution in [0.15, 0.2) is 0 Å². The van der Waals surface area contributed by atoms with Crippen LogP contribution in [0.5, 0.6) is 0 Å². The Morgan fingerprint density at radius 1 is 1.42 bits per heavy atom. The molecule has 12 heavy (non-hydrogen) atoms. The average molecular weight is 190 g/mol. The van der Waals surface area contributed by atoms with Crippen LogP contribution in [-0.2, 0) is 6.54 Å². The summed E-state index contributed by atoms with van der Waals surface area (Å²) >= 11 is 5.78. The van der Waals surface area contributed by atoms with Crippen molar-refractivity contribution in [3.05, 3.63) is 16.7 Å². The number of nitrogens with zero attached hydrogens (tertiary/aromatic N) is 2. The van der Waals surface area contributed by atoms with E-state index < -0.39 is 0 Å². The molecule has 0 saturated heterocycles. The molecule has 3 nitrogen and oxygen atoms in total. The van der Waals surface area contributed by atoms with Crippen LogP contribution in [0, 0.1) is 13.8 Å². The zero-order chi connectivity index (χ0) is 9.72. The maximum Gasteiger partial charge on any atom is 0.150 e. The Morgan fingerprint density at radius 3 is 2.08 bits per heavy atom. The van der Waals surface area contributed by atoms with Crippen molar-refractivity contribution in [2.75, 3.05) is 7.05 Å². The third-order valence-corrected chi connectivity index (χ3v) is 2.03. The third kappa shape index (κ3) is 2.22. The van der Waals surface area contributed by atoms with Crippen LogP contribution in [0.4, 0.5) is 0 Å². The van der Waals surface area contributed by atoms with Gasteiger partial charge in [-0.3, -0.25) is 0 Å². The Balaban J connectivity index is 0.000000561. The summed E-state index contributed by atoms with van der Waals surface area (Å²) < 4.78 is 2.09. The van der Waals surface area contributed by atoms with Gasteiger partial charge in [0.2, 0.25) is 0 Å². The normalized spacial score (nSPS) is 9.17. The molecule has 1 aromatic rings. The first kappa shape index (κ1) is 11.5. The lowest BCUT2D eigenvalue weighted by Gasteiger charge is -2.00. The fourth-order valence-electron chi connectivity index (χ4n) is 1.10. The summed E-state index contributed by atoms with van der Waals surface area (Å²) in [5.41, 5.74) is 5.56. The SMILES string of the molecule is CCn1c(C)nc(Cl)c1C.CN. The highest BCUT2D eigenvalue weighted by molar-refractivity contribution is 6.30. The second-order valence-corrected chi connectivity index (χ2v) is 2.64. The number of imidazole rings is 1. The molecule has 0 fully saturated rings. The fraction of sp³-hybridized carbons (Fsp3) is 0.625. The van der Waals surface area contributed by atoms with Gasteiger partial charge in [-0.25, -0.2) is 4.98 Å². The van der Waals surface area contributed by atoms with E-state index in [1.807, 2.05) is 13.8 Å². The Bertz CT molecular complexity index is 243. The van der Waals surface area contributed by atoms with E-state index in [2.05, 4.69) is 22.2 Å². The predicted molar refractivity (Wildman–Crippen MR) is 52.5 cm³/mol. The molecule has 0 aliphatic rings. The fourth-order valence-corrected chi connectivity index (χ4v) is 1.33. The van der Waals surface area contributed by atoms with Gasteiger partial charge in [-0.2, -0.15) is 0 Å². The topological polar surface area (TPSA) is 43.8 Å². The van der Waals surface area contributed by atoms with Gasteiger partial charge >= 0.3 is 0 Å². The van der Waals surface area contributed by atoms with Crippen molar-refractivity contribution in [3.63, 3.8) is 0 Å². The van der Waals surface area contributed by atoms with Crippen LogP contribution >= 0.6 is 11.6 Å². The first-order valence-corrected chi connectivity index (χ1v) is 4.31. The Morgan fingerprint density at radius 2 is 1.92 bits per heavy atom. The summed E-state index contributed by atoms with van der Waals surface area (Å²) in [5, 5.41) is 0.624. The minimum atomic E-state index is 0.624. The third-order valence-electron chi connectivity index (χ3n) is 1.67. The summed E-state index contributed by atoms with van der Waals surface area (Å²) in [4.78, 5) is 4.11. The zero-order valence-corrected chi connectivity index (χ0v) is 8.81. The first-order chi connectivity index (χ1) is 5.66. The molecular weight excluding hydrogens is 174 g/mol. The maximum absolute atomic E-state index is 5.78. The van der Waals surface area contributed by atoms with Gasteiger partial charge in [-0.15, -0.1) is 0 Å². The molecule has 1 aromatic heterocycles. The summed E-state index contributed by atoms with van der Waals surface area (Å²) in [6.07, 6.45) is 0. The highest BCUT2D eigenvalue weighted by Gasteiger charge is 2.05. The lowest BCUT2D eigenvalue weighted by molar-refractivity contribution is 0.709. The largest absolute Gasteiger partial charge is 0.333 e. The molecule has 0 amide bonds. The Kier molecular flexibility index (Phi) is 4.93. The minimum absolute atomic E-state index is 0.624. The molecule has 0 atom stereocenters. The molecule has 0 aromatic carbocycles. The molecule has 70 valence electrons. The molecule has 0 aliphatic carbocycles. The van der Waals surface area contributed by atoms with Crippen LogP contribution < -0.4 is 5.73 Å². The summed E-state index contributed by atoms with van der Waals surface area (Å²) in [7, 11) is 1.50. The molecule has 0 aliphatic heterocycles. The Hall–Kier alpha value is -0.540. The smallest absolute Gasteiger partial charge is 0.150 e. The van der Waals surface area contributed by atoms with Crippen molar-refractivity contribution in [3.8, 4) is 0 Å². The van der Waals surface area contributed by atoms with E-state index in [9.17, 15) is 0 Å². The molecular formula is C8H16ClN3. The number of halogens is 1. The molecule has 0 radical (unpaired) electrons. The Labute approximate surface area is 78.5 Å². The molecule has 0 unspecified atom stereocenters. The maximum atomic E-state index is 5.78. The minimum Gasteiger partial charge on any atom is -0.333 e. The molecule has 4 heteroatoms. The van der Waals surface area contributed by atoms with E-state index in [1.54, 1.807) is 0 Å². The summed E-state index contributed by atoms with van der Waals surface area (Å²) in [6, 6.07) is 0. The second kappa shape index (κ2) is 5.17. The van der Waals surface area contributed by atoms with Gasteiger partial charge in [-0.1, -0.05) is 11.6 Å². The summed E-state index contributed by atoms with van der Waals surface area (Å²) in [6.45, 7) is 6.96. The van der Waals surface area contributed by atoms with Crippen LogP contribution in [0.2, 0.25) is 5.15 Å². The quantitative estimate of drug-likeness (QED) is 0.732. The van der Waals surface area contributed by atoms with E-state index >= 15 is 0 Å². The molecule has 0 spiro atoms. The van der Waals surface area contributed by atoms with Gasteiger partial charge in [0.1, 0.15) is 11.0 Å². The van der Waals surface area contributed by atoms with E-state index in [4.69, 9.17) is 11.6 Å². The first-order valence-electron chi connectivity index (χ1n) is 3.93. The van der Waals surface area contributed by atoms with Crippen molar-refractivity contribution in [2.45, 2.75) is 27.3 Å². The predicted octanol–water partition coefficient (Wildman–Crippen LogP) is 1.75. The van der Waals surface area contributed by atoms with E-state index in [0.717, 1.165) is 18.1 Å². The van der Waals surface area contributed by atoms with E-state index in [1.165, 1.54) is 7.05 Å². The van der Waals surface area contributed by atoms with Crippen molar-refractivity contribution in [1.82, 2.24) is 9.55 Å². The number of hydrogen-bond donors (Lipinski definition) is 1. The van der Waals surface area contributed by atoms with Crippen LogP contribution in [0.1, 0.15) is 18.4 Å². The van der Waals surface area contributed by atoms with Crippen molar-refractivity contribution < 1.29 is 0 Å². The van der Waals surface area contributed by atoms with Gasteiger partial charge in [-0.05, 0) is 27.8 Å². The summed E-state index contributed by atoms with van der Waals surface area (Å²) in [5.74, 6) is 0.991.